The SMILES string of the molecule is O=C(OCc1cc(Br)cc2cccnc12)C(=O)c1ccccc1. The molecule has 0 N–H and O–H groups in total. The van der Waals surface area contributed by atoms with Crippen LogP contribution in [0.4, 0.5) is 0 Å². The molecule has 0 fully saturated rings. The fourth-order valence-electron chi connectivity index (χ4n) is 2.25. The van der Waals surface area contributed by atoms with Gasteiger partial charge in [-0.25, -0.2) is 4.79 Å². The monoisotopic (exact) mass is 369 g/mol. The van der Waals surface area contributed by atoms with Gasteiger partial charge in [0.2, 0.25) is 0 Å². The van der Waals surface area contributed by atoms with E-state index in [1.54, 1.807) is 36.5 Å². The predicted molar refractivity (Wildman–Crippen MR) is 90.0 cm³/mol. The van der Waals surface area contributed by atoms with E-state index in [-0.39, 0.29) is 6.61 Å². The first-order valence-electron chi connectivity index (χ1n) is 6.95. The number of Topliss-reactive ketones (excluding diaryl/α,β-unsaturated/α-hetero) is 1. The first-order chi connectivity index (χ1) is 11.1. The number of fused-ring (bicyclic) bond motifs is 1. The number of ketones is 1. The average molecular weight is 370 g/mol. The Kier molecular flexibility index (Phi) is 4.48. The molecule has 0 radical (unpaired) electrons. The second-order valence-electron chi connectivity index (χ2n) is 4.91. The topological polar surface area (TPSA) is 56.3 Å². The van der Waals surface area contributed by atoms with E-state index in [1.165, 1.54) is 0 Å². The molecule has 0 saturated heterocycles. The van der Waals surface area contributed by atoms with Gasteiger partial charge in [0.1, 0.15) is 6.61 Å². The molecule has 0 spiro atoms. The van der Waals surface area contributed by atoms with E-state index in [2.05, 4.69) is 20.9 Å². The molecule has 0 amide bonds. The molecule has 3 rings (SSSR count). The first kappa shape index (κ1) is 15.4. The summed E-state index contributed by atoms with van der Waals surface area (Å²) in [4.78, 5) is 28.2. The lowest BCUT2D eigenvalue weighted by Gasteiger charge is -2.08. The molecule has 4 nitrogen and oxygen atoms in total. The number of rotatable bonds is 4. The Morgan fingerprint density at radius 1 is 1.04 bits per heavy atom. The maximum Gasteiger partial charge on any atom is 0.380 e. The summed E-state index contributed by atoms with van der Waals surface area (Å²) in [6.45, 7) is -0.00956. The van der Waals surface area contributed by atoms with Crippen molar-refractivity contribution in [2.45, 2.75) is 6.61 Å². The highest BCUT2D eigenvalue weighted by Gasteiger charge is 2.18. The third-order valence-corrected chi connectivity index (χ3v) is 3.79. The summed E-state index contributed by atoms with van der Waals surface area (Å²) >= 11 is 3.42. The van der Waals surface area contributed by atoms with Gasteiger partial charge in [0.15, 0.2) is 0 Å². The van der Waals surface area contributed by atoms with E-state index in [1.807, 2.05) is 24.3 Å². The number of esters is 1. The molecule has 23 heavy (non-hydrogen) atoms. The van der Waals surface area contributed by atoms with Crippen molar-refractivity contribution in [2.24, 2.45) is 0 Å². The normalized spacial score (nSPS) is 10.5. The highest BCUT2D eigenvalue weighted by molar-refractivity contribution is 9.10. The number of hydrogen-bond acceptors (Lipinski definition) is 4. The number of pyridine rings is 1. The Hall–Kier alpha value is -2.53. The maximum atomic E-state index is 12.0. The minimum Gasteiger partial charge on any atom is -0.455 e. The number of ether oxygens (including phenoxy) is 1. The second kappa shape index (κ2) is 6.71. The molecular weight excluding hydrogens is 358 g/mol. The van der Waals surface area contributed by atoms with Crippen LogP contribution in [-0.4, -0.2) is 16.7 Å². The standard InChI is InChI=1S/C18H12BrNO3/c19-15-9-13-7-4-8-20-16(13)14(10-15)11-23-18(22)17(21)12-5-2-1-3-6-12/h1-10H,11H2. The third-order valence-electron chi connectivity index (χ3n) is 3.33. The van der Waals surface area contributed by atoms with Crippen molar-refractivity contribution in [2.75, 3.05) is 0 Å². The number of aromatic nitrogens is 1. The fourth-order valence-corrected chi connectivity index (χ4v) is 2.78. The van der Waals surface area contributed by atoms with Crippen molar-refractivity contribution >= 4 is 38.6 Å². The minimum absolute atomic E-state index is 0.00956. The molecule has 0 aliphatic carbocycles. The Labute approximate surface area is 141 Å². The van der Waals surface area contributed by atoms with Gasteiger partial charge in [0.25, 0.3) is 5.78 Å². The molecule has 114 valence electrons. The van der Waals surface area contributed by atoms with Crippen LogP contribution in [0.25, 0.3) is 10.9 Å². The molecule has 1 heterocycles. The number of carbonyl (C=O) groups excluding carboxylic acids is 2. The number of hydrogen-bond donors (Lipinski definition) is 0. The van der Waals surface area contributed by atoms with Gasteiger partial charge in [-0.05, 0) is 18.2 Å². The van der Waals surface area contributed by atoms with Crippen LogP contribution in [0.5, 0.6) is 0 Å². The molecule has 0 saturated carbocycles. The minimum atomic E-state index is -0.875. The van der Waals surface area contributed by atoms with Crippen LogP contribution in [0.3, 0.4) is 0 Å². The zero-order chi connectivity index (χ0) is 16.2. The Morgan fingerprint density at radius 2 is 1.83 bits per heavy atom. The van der Waals surface area contributed by atoms with Crippen LogP contribution in [0.2, 0.25) is 0 Å². The van der Waals surface area contributed by atoms with Gasteiger partial charge in [-0.2, -0.15) is 0 Å². The molecule has 5 heteroatoms. The predicted octanol–water partition coefficient (Wildman–Crippen LogP) is 3.92. The summed E-state index contributed by atoms with van der Waals surface area (Å²) in [5, 5.41) is 0.933. The summed E-state index contributed by atoms with van der Waals surface area (Å²) in [5.41, 5.74) is 1.80. The molecule has 1 aromatic heterocycles. The zero-order valence-corrected chi connectivity index (χ0v) is 13.6. The molecule has 0 atom stereocenters. The van der Waals surface area contributed by atoms with Gasteiger partial charge in [-0.15, -0.1) is 0 Å². The van der Waals surface area contributed by atoms with Crippen LogP contribution in [-0.2, 0) is 16.1 Å². The second-order valence-corrected chi connectivity index (χ2v) is 5.83. The summed E-state index contributed by atoms with van der Waals surface area (Å²) in [6, 6.07) is 15.9. The highest BCUT2D eigenvalue weighted by Crippen LogP contribution is 2.23. The Balaban J connectivity index is 1.78. The third kappa shape index (κ3) is 3.46. The number of carbonyl (C=O) groups is 2. The van der Waals surface area contributed by atoms with Gasteiger partial charge < -0.3 is 4.74 Å². The van der Waals surface area contributed by atoms with Crippen LogP contribution in [0.15, 0.2) is 65.3 Å². The van der Waals surface area contributed by atoms with Crippen molar-refractivity contribution in [3.8, 4) is 0 Å². The Bertz CT molecular complexity index is 878. The van der Waals surface area contributed by atoms with E-state index < -0.39 is 11.8 Å². The van der Waals surface area contributed by atoms with Crippen molar-refractivity contribution in [1.82, 2.24) is 4.98 Å². The maximum absolute atomic E-state index is 12.0. The van der Waals surface area contributed by atoms with E-state index in [4.69, 9.17) is 4.74 Å². The van der Waals surface area contributed by atoms with E-state index in [0.717, 1.165) is 20.9 Å². The summed E-state index contributed by atoms with van der Waals surface area (Å²) < 4.78 is 6.02. The van der Waals surface area contributed by atoms with E-state index in [0.29, 0.717) is 5.56 Å². The average Bonchev–Trinajstić information content (AvgIpc) is 2.59. The first-order valence-corrected chi connectivity index (χ1v) is 7.74. The summed E-state index contributed by atoms with van der Waals surface area (Å²) in [7, 11) is 0. The lowest BCUT2D eigenvalue weighted by atomic mass is 10.1. The van der Waals surface area contributed by atoms with Crippen molar-refractivity contribution in [3.05, 3.63) is 76.4 Å². The number of halogens is 1. The van der Waals surface area contributed by atoms with Crippen LogP contribution in [0.1, 0.15) is 15.9 Å². The van der Waals surface area contributed by atoms with Gasteiger partial charge in [-0.1, -0.05) is 52.3 Å². The number of benzene rings is 2. The fraction of sp³-hybridized carbons (Fsp3) is 0.0556. The molecule has 0 unspecified atom stereocenters. The van der Waals surface area contributed by atoms with E-state index >= 15 is 0 Å². The van der Waals surface area contributed by atoms with Gasteiger partial charge in [0.05, 0.1) is 5.52 Å². The Morgan fingerprint density at radius 3 is 2.61 bits per heavy atom. The molecule has 0 bridgehead atoms. The molecule has 0 aliphatic rings. The lowest BCUT2D eigenvalue weighted by Crippen LogP contribution is -2.17. The lowest BCUT2D eigenvalue weighted by molar-refractivity contribution is -0.139. The number of nitrogens with zero attached hydrogens (tertiary/aromatic N) is 1. The quantitative estimate of drug-likeness (QED) is 0.397. The molecular formula is C18H12BrNO3. The van der Waals surface area contributed by atoms with Gasteiger partial charge >= 0.3 is 5.97 Å². The zero-order valence-electron chi connectivity index (χ0n) is 12.0. The highest BCUT2D eigenvalue weighted by atomic mass is 79.9. The molecule has 2 aromatic carbocycles. The largest absolute Gasteiger partial charge is 0.455 e. The van der Waals surface area contributed by atoms with Gasteiger partial charge in [0, 0.05) is 27.2 Å². The van der Waals surface area contributed by atoms with Crippen molar-refractivity contribution < 1.29 is 14.3 Å². The molecule has 0 aliphatic heterocycles. The van der Waals surface area contributed by atoms with E-state index in [9.17, 15) is 9.59 Å². The van der Waals surface area contributed by atoms with Gasteiger partial charge in [-0.3, -0.25) is 9.78 Å². The van der Waals surface area contributed by atoms with Crippen LogP contribution in [0, 0.1) is 0 Å². The van der Waals surface area contributed by atoms with Crippen LogP contribution < -0.4 is 0 Å². The van der Waals surface area contributed by atoms with Crippen molar-refractivity contribution in [3.63, 3.8) is 0 Å². The summed E-state index contributed by atoms with van der Waals surface area (Å²) in [5.74, 6) is -1.53. The van der Waals surface area contributed by atoms with Crippen molar-refractivity contribution in [1.29, 1.82) is 0 Å². The molecule has 3 aromatic rings. The smallest absolute Gasteiger partial charge is 0.380 e. The van der Waals surface area contributed by atoms with Crippen LogP contribution >= 0.6 is 15.9 Å². The summed E-state index contributed by atoms with van der Waals surface area (Å²) in [6.07, 6.45) is 1.68.